The van der Waals surface area contributed by atoms with Gasteiger partial charge in [-0.1, -0.05) is 181 Å². The number of hydrogen-bond donors (Lipinski definition) is 1. The Morgan fingerprint density at radius 1 is 0.395 bits per heavy atom. The Hall–Kier alpha value is -0.0800. The second-order valence-electron chi connectivity index (χ2n) is 12.7. The molecule has 0 radical (unpaired) electrons. The first-order chi connectivity index (χ1) is 18.8. The third-order valence-electron chi connectivity index (χ3n) is 8.81. The Morgan fingerprint density at radius 3 is 0.868 bits per heavy atom. The summed E-state index contributed by atoms with van der Waals surface area (Å²) < 4.78 is 0. The van der Waals surface area contributed by atoms with E-state index in [1.54, 1.807) is 0 Å². The molecule has 0 aliphatic heterocycles. The Balaban J connectivity index is 3.60. The lowest BCUT2D eigenvalue weighted by Crippen LogP contribution is -2.36. The van der Waals surface area contributed by atoms with Gasteiger partial charge in [-0.25, -0.2) is 0 Å². The van der Waals surface area contributed by atoms with Gasteiger partial charge in [-0.15, -0.1) is 0 Å². The van der Waals surface area contributed by atoms with Crippen molar-refractivity contribution in [3.63, 3.8) is 0 Å². The maximum absolute atomic E-state index is 5.90. The summed E-state index contributed by atoms with van der Waals surface area (Å²) in [6.07, 6.45) is 41.6. The van der Waals surface area contributed by atoms with Gasteiger partial charge in [-0.05, 0) is 45.8 Å². The minimum atomic E-state index is 0.656. The number of hydrogen-bond acceptors (Lipinski definition) is 2. The topological polar surface area (TPSA) is 29.3 Å². The third-order valence-corrected chi connectivity index (χ3v) is 8.81. The van der Waals surface area contributed by atoms with E-state index in [0.717, 1.165) is 13.0 Å². The average Bonchev–Trinajstić information content (AvgIpc) is 2.92. The first-order valence-electron chi connectivity index (χ1n) is 18.2. The molecule has 0 spiro atoms. The zero-order chi connectivity index (χ0) is 27.8. The van der Waals surface area contributed by atoms with Gasteiger partial charge in [0.05, 0.1) is 0 Å². The van der Waals surface area contributed by atoms with Crippen molar-refractivity contribution in [2.24, 2.45) is 5.73 Å². The second-order valence-corrected chi connectivity index (χ2v) is 12.7. The van der Waals surface area contributed by atoms with E-state index in [0.29, 0.717) is 6.04 Å². The minimum absolute atomic E-state index is 0.656. The van der Waals surface area contributed by atoms with Gasteiger partial charge in [0.15, 0.2) is 0 Å². The minimum Gasteiger partial charge on any atom is -0.330 e. The number of nitrogens with zero attached hydrogens (tertiary/aromatic N) is 1. The van der Waals surface area contributed by atoms with Gasteiger partial charge >= 0.3 is 0 Å². The predicted octanol–water partition coefficient (Wildman–Crippen LogP) is 12.0. The summed E-state index contributed by atoms with van der Waals surface area (Å²) in [5.41, 5.74) is 5.90. The molecular formula is C36H76N2. The van der Waals surface area contributed by atoms with Gasteiger partial charge < -0.3 is 10.6 Å². The SMILES string of the molecule is CCCCCCCCCCCCCCCCN(CCCCCCCCCCCCCCCC)C(C)CCN. The molecule has 0 bridgehead atoms. The summed E-state index contributed by atoms with van der Waals surface area (Å²) >= 11 is 0. The molecule has 38 heavy (non-hydrogen) atoms. The van der Waals surface area contributed by atoms with E-state index in [9.17, 15) is 0 Å². The maximum Gasteiger partial charge on any atom is 0.00789 e. The summed E-state index contributed by atoms with van der Waals surface area (Å²) in [7, 11) is 0. The Kier molecular flexibility index (Phi) is 33.1. The van der Waals surface area contributed by atoms with Crippen LogP contribution >= 0.6 is 0 Å². The van der Waals surface area contributed by atoms with E-state index < -0.39 is 0 Å². The first kappa shape index (κ1) is 37.9. The fraction of sp³-hybridized carbons (Fsp3) is 1.00. The van der Waals surface area contributed by atoms with Gasteiger partial charge in [0.2, 0.25) is 0 Å². The zero-order valence-electron chi connectivity index (χ0n) is 27.2. The largest absolute Gasteiger partial charge is 0.330 e. The van der Waals surface area contributed by atoms with Crippen molar-refractivity contribution in [1.82, 2.24) is 4.90 Å². The van der Waals surface area contributed by atoms with Crippen LogP contribution in [-0.2, 0) is 0 Å². The lowest BCUT2D eigenvalue weighted by molar-refractivity contribution is 0.192. The van der Waals surface area contributed by atoms with Crippen molar-refractivity contribution >= 4 is 0 Å². The van der Waals surface area contributed by atoms with Gasteiger partial charge in [-0.2, -0.15) is 0 Å². The molecule has 2 N–H and O–H groups in total. The zero-order valence-corrected chi connectivity index (χ0v) is 27.2. The van der Waals surface area contributed by atoms with Crippen LogP contribution in [0.1, 0.15) is 207 Å². The van der Waals surface area contributed by atoms with Gasteiger partial charge in [0, 0.05) is 6.04 Å². The van der Waals surface area contributed by atoms with E-state index in [-0.39, 0.29) is 0 Å². The van der Waals surface area contributed by atoms with Crippen LogP contribution in [0.25, 0.3) is 0 Å². The molecule has 0 saturated carbocycles. The van der Waals surface area contributed by atoms with Crippen LogP contribution in [0.5, 0.6) is 0 Å². The lowest BCUT2D eigenvalue weighted by Gasteiger charge is -2.29. The summed E-state index contributed by atoms with van der Waals surface area (Å²) in [4.78, 5) is 2.76. The monoisotopic (exact) mass is 537 g/mol. The second kappa shape index (κ2) is 33.1. The Bertz CT molecular complexity index is 378. The van der Waals surface area contributed by atoms with Crippen LogP contribution in [-0.4, -0.2) is 30.6 Å². The molecular weight excluding hydrogens is 460 g/mol. The molecule has 2 heteroatoms. The molecule has 0 aromatic heterocycles. The van der Waals surface area contributed by atoms with Crippen molar-refractivity contribution in [1.29, 1.82) is 0 Å². The number of nitrogens with two attached hydrogens (primary N) is 1. The smallest absolute Gasteiger partial charge is 0.00789 e. The van der Waals surface area contributed by atoms with Crippen LogP contribution in [0.4, 0.5) is 0 Å². The van der Waals surface area contributed by atoms with Crippen LogP contribution < -0.4 is 5.73 Å². The summed E-state index contributed by atoms with van der Waals surface area (Å²) in [5.74, 6) is 0. The molecule has 0 saturated heterocycles. The Labute approximate surface area is 243 Å². The lowest BCUT2D eigenvalue weighted by atomic mass is 10.0. The first-order valence-corrected chi connectivity index (χ1v) is 18.2. The van der Waals surface area contributed by atoms with Crippen LogP contribution in [0, 0.1) is 0 Å². The molecule has 0 aliphatic rings. The van der Waals surface area contributed by atoms with Crippen molar-refractivity contribution in [2.45, 2.75) is 213 Å². The average molecular weight is 537 g/mol. The molecule has 1 atom stereocenters. The van der Waals surface area contributed by atoms with Crippen LogP contribution in [0.2, 0.25) is 0 Å². The molecule has 0 aliphatic carbocycles. The molecule has 0 fully saturated rings. The highest BCUT2D eigenvalue weighted by atomic mass is 15.1. The van der Waals surface area contributed by atoms with Crippen molar-refractivity contribution in [3.05, 3.63) is 0 Å². The van der Waals surface area contributed by atoms with E-state index in [2.05, 4.69) is 25.7 Å². The fourth-order valence-corrected chi connectivity index (χ4v) is 6.00. The fourth-order valence-electron chi connectivity index (χ4n) is 6.00. The predicted molar refractivity (Wildman–Crippen MR) is 175 cm³/mol. The molecule has 0 aromatic carbocycles. The number of unbranched alkanes of at least 4 members (excludes halogenated alkanes) is 26. The van der Waals surface area contributed by atoms with Crippen molar-refractivity contribution in [2.75, 3.05) is 19.6 Å². The Morgan fingerprint density at radius 2 is 0.632 bits per heavy atom. The van der Waals surface area contributed by atoms with E-state index in [4.69, 9.17) is 5.73 Å². The van der Waals surface area contributed by atoms with E-state index in [1.807, 2.05) is 0 Å². The molecule has 1 unspecified atom stereocenters. The van der Waals surface area contributed by atoms with Crippen molar-refractivity contribution in [3.8, 4) is 0 Å². The third kappa shape index (κ3) is 28.9. The molecule has 230 valence electrons. The highest BCUT2D eigenvalue weighted by Crippen LogP contribution is 2.16. The molecule has 0 amide bonds. The van der Waals surface area contributed by atoms with E-state index >= 15 is 0 Å². The summed E-state index contributed by atoms with van der Waals surface area (Å²) in [6.45, 7) is 10.4. The normalized spacial score (nSPS) is 12.6. The maximum atomic E-state index is 5.90. The quantitative estimate of drug-likeness (QED) is 0.0845. The van der Waals surface area contributed by atoms with Crippen LogP contribution in [0.3, 0.4) is 0 Å². The van der Waals surface area contributed by atoms with Crippen molar-refractivity contribution < 1.29 is 0 Å². The van der Waals surface area contributed by atoms with Gasteiger partial charge in [-0.3, -0.25) is 0 Å². The van der Waals surface area contributed by atoms with Gasteiger partial charge in [0.25, 0.3) is 0 Å². The molecule has 0 aromatic rings. The molecule has 0 rings (SSSR count). The number of rotatable bonds is 33. The summed E-state index contributed by atoms with van der Waals surface area (Å²) in [5, 5.41) is 0. The van der Waals surface area contributed by atoms with E-state index in [1.165, 1.54) is 193 Å². The van der Waals surface area contributed by atoms with Crippen LogP contribution in [0.15, 0.2) is 0 Å². The highest BCUT2D eigenvalue weighted by Gasteiger charge is 2.12. The molecule has 2 nitrogen and oxygen atoms in total. The van der Waals surface area contributed by atoms with Gasteiger partial charge in [0.1, 0.15) is 0 Å². The molecule has 0 heterocycles. The standard InChI is InChI=1S/C36H76N2/c1-4-6-8-10-12-14-16-18-20-22-24-26-28-30-34-38(36(3)32-33-37)35-31-29-27-25-23-21-19-17-15-13-11-9-7-5-2/h36H,4-35,37H2,1-3H3. The highest BCUT2D eigenvalue weighted by molar-refractivity contribution is 4.68. The summed E-state index contributed by atoms with van der Waals surface area (Å²) in [6, 6.07) is 0.656.